The second-order valence-electron chi connectivity index (χ2n) is 3.30. The van der Waals surface area contributed by atoms with E-state index >= 15 is 0 Å². The fourth-order valence-corrected chi connectivity index (χ4v) is 2.00. The van der Waals surface area contributed by atoms with E-state index in [1.54, 1.807) is 11.3 Å². The predicted octanol–water partition coefficient (Wildman–Crippen LogP) is 2.14. The molecular formula is C11H13N3S. The summed E-state index contributed by atoms with van der Waals surface area (Å²) < 4.78 is 0. The van der Waals surface area contributed by atoms with Crippen LogP contribution in [0.5, 0.6) is 0 Å². The first-order chi connectivity index (χ1) is 7.34. The van der Waals surface area contributed by atoms with Crippen molar-refractivity contribution in [3.8, 4) is 0 Å². The van der Waals surface area contributed by atoms with Gasteiger partial charge in [-0.25, -0.2) is 0 Å². The van der Waals surface area contributed by atoms with Crippen LogP contribution in [-0.2, 0) is 13.1 Å². The molecule has 0 aliphatic rings. The maximum Gasteiger partial charge on any atom is 0.131 e. The molecule has 1 N–H and O–H groups in total. The normalized spacial score (nSPS) is 10.5. The molecule has 0 fully saturated rings. The Balaban J connectivity index is 1.80. The highest BCUT2D eigenvalue weighted by Crippen LogP contribution is 2.07. The summed E-state index contributed by atoms with van der Waals surface area (Å²) in [6, 6.07) is 10.3. The van der Waals surface area contributed by atoms with Crippen LogP contribution in [0, 0.1) is 6.92 Å². The molecule has 0 radical (unpaired) electrons. The van der Waals surface area contributed by atoms with Crippen LogP contribution >= 0.6 is 11.3 Å². The van der Waals surface area contributed by atoms with Crippen molar-refractivity contribution in [2.24, 2.45) is 0 Å². The first-order valence-corrected chi connectivity index (χ1v) is 5.70. The minimum absolute atomic E-state index is 0.792. The number of hydrogen-bond acceptors (Lipinski definition) is 4. The number of benzene rings is 1. The number of aryl methyl sites for hydroxylation is 1. The van der Waals surface area contributed by atoms with Gasteiger partial charge >= 0.3 is 0 Å². The maximum absolute atomic E-state index is 4.05. The number of aromatic nitrogens is 2. The van der Waals surface area contributed by atoms with E-state index in [1.165, 1.54) is 5.56 Å². The van der Waals surface area contributed by atoms with Crippen LogP contribution in [0.2, 0.25) is 0 Å². The monoisotopic (exact) mass is 219 g/mol. The zero-order valence-electron chi connectivity index (χ0n) is 8.60. The molecule has 1 heterocycles. The molecule has 0 spiro atoms. The summed E-state index contributed by atoms with van der Waals surface area (Å²) in [6.07, 6.45) is 0. The molecule has 78 valence electrons. The van der Waals surface area contributed by atoms with Gasteiger partial charge in [0.25, 0.3) is 0 Å². The minimum Gasteiger partial charge on any atom is -0.306 e. The number of rotatable bonds is 4. The van der Waals surface area contributed by atoms with Crippen molar-refractivity contribution in [3.63, 3.8) is 0 Å². The molecule has 0 amide bonds. The molecule has 0 aliphatic heterocycles. The van der Waals surface area contributed by atoms with E-state index in [9.17, 15) is 0 Å². The van der Waals surface area contributed by atoms with E-state index in [0.717, 1.165) is 23.1 Å². The van der Waals surface area contributed by atoms with Gasteiger partial charge in [0.2, 0.25) is 0 Å². The summed E-state index contributed by atoms with van der Waals surface area (Å²) in [5.41, 5.74) is 1.29. The highest BCUT2D eigenvalue weighted by Gasteiger charge is 1.99. The lowest BCUT2D eigenvalue weighted by Crippen LogP contribution is -2.12. The average molecular weight is 219 g/mol. The van der Waals surface area contributed by atoms with Gasteiger partial charge in [-0.15, -0.1) is 21.5 Å². The van der Waals surface area contributed by atoms with E-state index in [2.05, 4.69) is 27.6 Å². The van der Waals surface area contributed by atoms with Crippen LogP contribution in [0.4, 0.5) is 0 Å². The third-order valence-electron chi connectivity index (χ3n) is 2.02. The van der Waals surface area contributed by atoms with Crippen LogP contribution in [-0.4, -0.2) is 10.2 Å². The van der Waals surface area contributed by atoms with Crippen LogP contribution in [0.15, 0.2) is 30.3 Å². The smallest absolute Gasteiger partial charge is 0.131 e. The highest BCUT2D eigenvalue weighted by molar-refractivity contribution is 7.11. The van der Waals surface area contributed by atoms with Crippen molar-refractivity contribution in [2.75, 3.05) is 0 Å². The van der Waals surface area contributed by atoms with Gasteiger partial charge in [-0.2, -0.15) is 0 Å². The lowest BCUT2D eigenvalue weighted by Gasteiger charge is -2.01. The van der Waals surface area contributed by atoms with E-state index in [-0.39, 0.29) is 0 Å². The second kappa shape index (κ2) is 5.00. The largest absolute Gasteiger partial charge is 0.306 e. The minimum atomic E-state index is 0.792. The lowest BCUT2D eigenvalue weighted by atomic mass is 10.2. The van der Waals surface area contributed by atoms with Gasteiger partial charge < -0.3 is 5.32 Å². The summed E-state index contributed by atoms with van der Waals surface area (Å²) in [7, 11) is 0. The molecule has 0 unspecified atom stereocenters. The van der Waals surface area contributed by atoms with Gasteiger partial charge in [-0.3, -0.25) is 0 Å². The van der Waals surface area contributed by atoms with E-state index in [4.69, 9.17) is 0 Å². The number of nitrogens with one attached hydrogen (secondary N) is 1. The standard InChI is InChI=1S/C11H13N3S/c1-9-13-14-11(15-9)8-12-7-10-5-3-2-4-6-10/h2-6,12H,7-8H2,1H3. The molecule has 0 aliphatic carbocycles. The van der Waals surface area contributed by atoms with Crippen LogP contribution in [0.3, 0.4) is 0 Å². The third-order valence-corrected chi connectivity index (χ3v) is 2.85. The number of nitrogens with zero attached hydrogens (tertiary/aromatic N) is 2. The van der Waals surface area contributed by atoms with Gasteiger partial charge in [0.05, 0.1) is 0 Å². The second-order valence-corrected chi connectivity index (χ2v) is 4.57. The SMILES string of the molecule is Cc1nnc(CNCc2ccccc2)s1. The molecule has 0 saturated carbocycles. The van der Waals surface area contributed by atoms with E-state index < -0.39 is 0 Å². The Morgan fingerprint density at radius 3 is 2.60 bits per heavy atom. The maximum atomic E-state index is 4.05. The van der Waals surface area contributed by atoms with Crippen molar-refractivity contribution in [3.05, 3.63) is 45.9 Å². The zero-order chi connectivity index (χ0) is 10.5. The summed E-state index contributed by atoms with van der Waals surface area (Å²) in [4.78, 5) is 0. The Hall–Kier alpha value is -1.26. The molecule has 1 aromatic heterocycles. The lowest BCUT2D eigenvalue weighted by molar-refractivity contribution is 0.683. The first kappa shape index (κ1) is 10.3. The Bertz CT molecular complexity index is 411. The van der Waals surface area contributed by atoms with Gasteiger partial charge in [0, 0.05) is 13.1 Å². The van der Waals surface area contributed by atoms with Gasteiger partial charge in [-0.05, 0) is 12.5 Å². The molecule has 2 rings (SSSR count). The average Bonchev–Trinajstić information content (AvgIpc) is 2.66. The summed E-state index contributed by atoms with van der Waals surface area (Å²) in [6.45, 7) is 3.64. The van der Waals surface area contributed by atoms with E-state index in [1.807, 2.05) is 25.1 Å². The summed E-state index contributed by atoms with van der Waals surface area (Å²) >= 11 is 1.64. The van der Waals surface area contributed by atoms with Crippen molar-refractivity contribution >= 4 is 11.3 Å². The quantitative estimate of drug-likeness (QED) is 0.856. The fraction of sp³-hybridized carbons (Fsp3) is 0.273. The van der Waals surface area contributed by atoms with Gasteiger partial charge in [0.1, 0.15) is 10.0 Å². The number of hydrogen-bond donors (Lipinski definition) is 1. The third kappa shape index (κ3) is 3.11. The summed E-state index contributed by atoms with van der Waals surface area (Å²) in [5.74, 6) is 0. The Labute approximate surface area is 93.2 Å². The van der Waals surface area contributed by atoms with Crippen LogP contribution in [0.25, 0.3) is 0 Å². The van der Waals surface area contributed by atoms with Gasteiger partial charge in [0.15, 0.2) is 0 Å². The summed E-state index contributed by atoms with van der Waals surface area (Å²) in [5, 5.41) is 13.4. The van der Waals surface area contributed by atoms with Crippen molar-refractivity contribution < 1.29 is 0 Å². The Morgan fingerprint density at radius 2 is 1.93 bits per heavy atom. The predicted molar refractivity (Wildman–Crippen MR) is 61.6 cm³/mol. The molecule has 3 nitrogen and oxygen atoms in total. The van der Waals surface area contributed by atoms with Crippen molar-refractivity contribution in [1.82, 2.24) is 15.5 Å². The van der Waals surface area contributed by atoms with Crippen molar-refractivity contribution in [2.45, 2.75) is 20.0 Å². The fourth-order valence-electron chi connectivity index (χ4n) is 1.32. The van der Waals surface area contributed by atoms with Crippen LogP contribution < -0.4 is 5.32 Å². The van der Waals surface area contributed by atoms with Crippen LogP contribution in [0.1, 0.15) is 15.6 Å². The van der Waals surface area contributed by atoms with Gasteiger partial charge in [-0.1, -0.05) is 30.3 Å². The topological polar surface area (TPSA) is 37.8 Å². The Morgan fingerprint density at radius 1 is 1.13 bits per heavy atom. The molecule has 4 heteroatoms. The highest BCUT2D eigenvalue weighted by atomic mass is 32.1. The molecule has 0 saturated heterocycles. The molecule has 1 aromatic carbocycles. The molecule has 0 bridgehead atoms. The first-order valence-electron chi connectivity index (χ1n) is 4.88. The molecule has 0 atom stereocenters. The van der Waals surface area contributed by atoms with E-state index in [0.29, 0.717) is 0 Å². The zero-order valence-corrected chi connectivity index (χ0v) is 9.42. The molecular weight excluding hydrogens is 206 g/mol. The molecule has 2 aromatic rings. The Kier molecular flexibility index (Phi) is 3.42. The van der Waals surface area contributed by atoms with Crippen molar-refractivity contribution in [1.29, 1.82) is 0 Å². The molecule has 15 heavy (non-hydrogen) atoms.